The molecule has 9 heteroatoms. The van der Waals surface area contributed by atoms with Gasteiger partial charge in [-0.05, 0) is 54.2 Å². The summed E-state index contributed by atoms with van der Waals surface area (Å²) in [5, 5.41) is 6.34. The van der Waals surface area contributed by atoms with Crippen molar-refractivity contribution < 1.29 is 4.74 Å². The quantitative estimate of drug-likeness (QED) is 0.422. The normalized spacial score (nSPS) is 15.3. The van der Waals surface area contributed by atoms with Crippen LogP contribution in [0.3, 0.4) is 0 Å². The molecule has 6 nitrogen and oxygen atoms in total. The van der Waals surface area contributed by atoms with Crippen molar-refractivity contribution in [2.75, 3.05) is 39.9 Å². The van der Waals surface area contributed by atoms with Crippen LogP contribution in [0.1, 0.15) is 5.56 Å². The third kappa shape index (κ3) is 5.78. The molecule has 4 rings (SSSR count). The lowest BCUT2D eigenvalue weighted by Crippen LogP contribution is -2.46. The van der Waals surface area contributed by atoms with Crippen molar-refractivity contribution in [3.63, 3.8) is 0 Å². The Hall–Kier alpha value is -1.74. The molecule has 1 fully saturated rings. The molecule has 0 bridgehead atoms. The lowest BCUT2D eigenvalue weighted by molar-refractivity contribution is 0.0979. The molecule has 0 N–H and O–H groups in total. The Morgan fingerprint density at radius 1 is 0.906 bits per heavy atom. The molecule has 0 atom stereocenters. The highest BCUT2D eigenvalue weighted by Gasteiger charge is 2.20. The van der Waals surface area contributed by atoms with Gasteiger partial charge in [0.25, 0.3) is 0 Å². The average molecular weight is 492 g/mol. The number of halogens is 2. The first-order valence-electron chi connectivity index (χ1n) is 10.6. The summed E-state index contributed by atoms with van der Waals surface area (Å²) in [6.45, 7) is 6.79. The minimum atomic E-state index is 0.573. The number of methoxy groups -OCH3 is 1. The number of nitrogens with zero attached hydrogens (tertiary/aromatic N) is 5. The summed E-state index contributed by atoms with van der Waals surface area (Å²) in [5.74, 6) is 0.838. The van der Waals surface area contributed by atoms with Gasteiger partial charge in [0.1, 0.15) is 0 Å². The van der Waals surface area contributed by atoms with E-state index in [-0.39, 0.29) is 0 Å². The molecule has 2 aromatic carbocycles. The van der Waals surface area contributed by atoms with Crippen molar-refractivity contribution in [2.24, 2.45) is 0 Å². The maximum absolute atomic E-state index is 6.07. The molecular formula is C23H27Cl2N5OS. The molecule has 1 aliphatic heterocycles. The van der Waals surface area contributed by atoms with Crippen LogP contribution in [0, 0.1) is 4.77 Å². The standard InChI is InChI=1S/C23H27Cl2N5OS/c1-31-15-14-29-22(19-4-8-21(25)9-5-19)26-30(23(29)32)17-28-12-10-27(11-13-28)16-18-2-6-20(24)7-3-18/h2-9H,10-17H2,1H3. The number of rotatable bonds is 8. The zero-order chi connectivity index (χ0) is 22.5. The van der Waals surface area contributed by atoms with E-state index in [2.05, 4.69) is 21.9 Å². The highest BCUT2D eigenvalue weighted by atomic mass is 35.5. The van der Waals surface area contributed by atoms with Gasteiger partial charge in [0, 0.05) is 55.4 Å². The molecule has 0 amide bonds. The van der Waals surface area contributed by atoms with Crippen LogP contribution in [0.2, 0.25) is 10.0 Å². The van der Waals surface area contributed by atoms with E-state index in [1.54, 1.807) is 7.11 Å². The SMILES string of the molecule is COCCn1c(-c2ccc(Cl)cc2)nn(CN2CCN(Cc3ccc(Cl)cc3)CC2)c1=S. The van der Waals surface area contributed by atoms with Crippen LogP contribution in [0.25, 0.3) is 11.4 Å². The first-order chi connectivity index (χ1) is 15.5. The molecule has 0 saturated carbocycles. The van der Waals surface area contributed by atoms with Gasteiger partial charge in [0.15, 0.2) is 10.6 Å². The molecule has 1 aliphatic rings. The van der Waals surface area contributed by atoms with Gasteiger partial charge in [0.2, 0.25) is 0 Å². The second-order valence-corrected chi connectivity index (χ2v) is 9.16. The van der Waals surface area contributed by atoms with E-state index in [4.69, 9.17) is 45.3 Å². The second-order valence-electron chi connectivity index (χ2n) is 7.92. The van der Waals surface area contributed by atoms with E-state index in [1.807, 2.05) is 45.6 Å². The summed E-state index contributed by atoms with van der Waals surface area (Å²) >= 11 is 17.8. The number of hydrogen-bond donors (Lipinski definition) is 0. The van der Waals surface area contributed by atoms with Crippen molar-refractivity contribution in [2.45, 2.75) is 19.8 Å². The number of hydrogen-bond acceptors (Lipinski definition) is 5. The third-order valence-corrected chi connectivity index (χ3v) is 6.60. The predicted octanol–water partition coefficient (Wildman–Crippen LogP) is 4.81. The molecule has 1 saturated heterocycles. The zero-order valence-corrected chi connectivity index (χ0v) is 20.4. The minimum absolute atomic E-state index is 0.573. The Labute approximate surface area is 203 Å². The van der Waals surface area contributed by atoms with Gasteiger partial charge in [-0.25, -0.2) is 4.68 Å². The van der Waals surface area contributed by atoms with E-state index >= 15 is 0 Å². The summed E-state index contributed by atoms with van der Waals surface area (Å²) in [5.41, 5.74) is 2.28. The first-order valence-corrected chi connectivity index (χ1v) is 11.8. The average Bonchev–Trinajstić information content (AvgIpc) is 3.11. The zero-order valence-electron chi connectivity index (χ0n) is 18.1. The van der Waals surface area contributed by atoms with Crippen molar-refractivity contribution in [3.05, 3.63) is 68.9 Å². The van der Waals surface area contributed by atoms with Crippen LogP contribution < -0.4 is 0 Å². The van der Waals surface area contributed by atoms with Crippen LogP contribution in [-0.2, 0) is 24.5 Å². The molecular weight excluding hydrogens is 465 g/mol. The molecule has 0 aliphatic carbocycles. The number of ether oxygens (including phenoxy) is 1. The third-order valence-electron chi connectivity index (χ3n) is 5.66. The fraction of sp³-hybridized carbons (Fsp3) is 0.391. The Balaban J connectivity index is 1.43. The highest BCUT2D eigenvalue weighted by Crippen LogP contribution is 2.21. The molecule has 0 radical (unpaired) electrons. The van der Waals surface area contributed by atoms with Crippen molar-refractivity contribution in [3.8, 4) is 11.4 Å². The van der Waals surface area contributed by atoms with E-state index in [1.165, 1.54) is 5.56 Å². The van der Waals surface area contributed by atoms with E-state index < -0.39 is 0 Å². The summed E-state index contributed by atoms with van der Waals surface area (Å²) < 4.78 is 9.95. The highest BCUT2D eigenvalue weighted by molar-refractivity contribution is 7.71. The monoisotopic (exact) mass is 491 g/mol. The molecule has 3 aromatic rings. The smallest absolute Gasteiger partial charge is 0.199 e. The maximum Gasteiger partial charge on any atom is 0.199 e. The fourth-order valence-corrected chi connectivity index (χ4v) is 4.38. The maximum atomic E-state index is 6.07. The van der Waals surface area contributed by atoms with E-state index in [0.29, 0.717) is 29.6 Å². The van der Waals surface area contributed by atoms with Crippen molar-refractivity contribution in [1.82, 2.24) is 24.1 Å². The molecule has 1 aromatic heterocycles. The summed E-state index contributed by atoms with van der Waals surface area (Å²) in [7, 11) is 1.69. The first kappa shape index (κ1) is 23.4. The Morgan fingerprint density at radius 2 is 1.50 bits per heavy atom. The summed E-state index contributed by atoms with van der Waals surface area (Å²) in [4.78, 5) is 4.86. The second kappa shape index (κ2) is 10.9. The van der Waals surface area contributed by atoms with Gasteiger partial charge in [-0.2, -0.15) is 5.10 Å². The minimum Gasteiger partial charge on any atom is -0.383 e. The van der Waals surface area contributed by atoms with Crippen molar-refractivity contribution in [1.29, 1.82) is 0 Å². The van der Waals surface area contributed by atoms with Gasteiger partial charge in [0.05, 0.1) is 19.8 Å². The number of aromatic nitrogens is 3. The lowest BCUT2D eigenvalue weighted by Gasteiger charge is -2.34. The molecule has 32 heavy (non-hydrogen) atoms. The fourth-order valence-electron chi connectivity index (χ4n) is 3.86. The Bertz CT molecular complexity index is 1070. The summed E-state index contributed by atoms with van der Waals surface area (Å²) in [6.07, 6.45) is 0. The molecule has 0 unspecified atom stereocenters. The topological polar surface area (TPSA) is 38.5 Å². The summed E-state index contributed by atoms with van der Waals surface area (Å²) in [6, 6.07) is 15.8. The molecule has 170 valence electrons. The molecule has 0 spiro atoms. The van der Waals surface area contributed by atoms with Gasteiger partial charge < -0.3 is 4.74 Å². The van der Waals surface area contributed by atoms with Crippen LogP contribution >= 0.6 is 35.4 Å². The van der Waals surface area contributed by atoms with Crippen LogP contribution in [0.15, 0.2) is 48.5 Å². The van der Waals surface area contributed by atoms with Gasteiger partial charge >= 0.3 is 0 Å². The molecule has 2 heterocycles. The van der Waals surface area contributed by atoms with E-state index in [9.17, 15) is 0 Å². The number of piperazine rings is 1. The van der Waals surface area contributed by atoms with Gasteiger partial charge in [-0.15, -0.1) is 0 Å². The van der Waals surface area contributed by atoms with Gasteiger partial charge in [-0.3, -0.25) is 14.4 Å². The van der Waals surface area contributed by atoms with Crippen LogP contribution in [0.5, 0.6) is 0 Å². The predicted molar refractivity (Wildman–Crippen MR) is 132 cm³/mol. The Morgan fingerprint density at radius 3 is 2.12 bits per heavy atom. The lowest BCUT2D eigenvalue weighted by atomic mass is 10.2. The number of benzene rings is 2. The van der Waals surface area contributed by atoms with Crippen LogP contribution in [-0.4, -0.2) is 64.0 Å². The van der Waals surface area contributed by atoms with Crippen molar-refractivity contribution >= 4 is 35.4 Å². The van der Waals surface area contributed by atoms with Gasteiger partial charge in [-0.1, -0.05) is 35.3 Å². The largest absolute Gasteiger partial charge is 0.383 e. The van der Waals surface area contributed by atoms with E-state index in [0.717, 1.165) is 49.1 Å². The van der Waals surface area contributed by atoms with Crippen LogP contribution in [0.4, 0.5) is 0 Å². The Kier molecular flexibility index (Phi) is 7.99.